The van der Waals surface area contributed by atoms with Crippen LogP contribution in [0.1, 0.15) is 51.3 Å². The highest BCUT2D eigenvalue weighted by Crippen LogP contribution is 2.31. The number of nitrogens with zero attached hydrogens (tertiary/aromatic N) is 4. The SMILES string of the molecule is CC(C)(C)Cc1nnc(C2CCCN(S(=O)(=O)c3cccc([N+](=O)[O-])c3)C2)o1. The molecule has 152 valence electrons. The van der Waals surface area contributed by atoms with Crippen molar-refractivity contribution in [3.63, 3.8) is 0 Å². The predicted octanol–water partition coefficient (Wildman–Crippen LogP) is 3.13. The van der Waals surface area contributed by atoms with Crippen molar-refractivity contribution in [3.8, 4) is 0 Å². The zero-order valence-electron chi connectivity index (χ0n) is 16.2. The van der Waals surface area contributed by atoms with Crippen LogP contribution in [0.5, 0.6) is 0 Å². The number of nitro groups is 1. The molecule has 0 aliphatic carbocycles. The van der Waals surface area contributed by atoms with Gasteiger partial charge in [-0.3, -0.25) is 10.1 Å². The number of benzene rings is 1. The van der Waals surface area contributed by atoms with Crippen molar-refractivity contribution in [2.75, 3.05) is 13.1 Å². The first-order chi connectivity index (χ1) is 13.1. The van der Waals surface area contributed by atoms with E-state index in [9.17, 15) is 18.5 Å². The minimum Gasteiger partial charge on any atom is -0.425 e. The second-order valence-electron chi connectivity index (χ2n) is 8.23. The predicted molar refractivity (Wildman–Crippen MR) is 101 cm³/mol. The van der Waals surface area contributed by atoms with E-state index in [1.165, 1.54) is 22.5 Å². The number of hydrogen-bond acceptors (Lipinski definition) is 7. The first-order valence-electron chi connectivity index (χ1n) is 9.13. The number of sulfonamides is 1. The van der Waals surface area contributed by atoms with E-state index < -0.39 is 14.9 Å². The number of nitro benzene ring substituents is 1. The van der Waals surface area contributed by atoms with Crippen LogP contribution in [0.25, 0.3) is 0 Å². The number of aromatic nitrogens is 2. The quantitative estimate of drug-likeness (QED) is 0.550. The summed E-state index contributed by atoms with van der Waals surface area (Å²) < 4.78 is 33.1. The second-order valence-corrected chi connectivity index (χ2v) is 10.2. The van der Waals surface area contributed by atoms with Crippen molar-refractivity contribution in [3.05, 3.63) is 46.2 Å². The summed E-state index contributed by atoms with van der Waals surface area (Å²) in [4.78, 5) is 10.3. The number of piperidine rings is 1. The van der Waals surface area contributed by atoms with E-state index >= 15 is 0 Å². The molecule has 1 unspecified atom stereocenters. The van der Waals surface area contributed by atoms with E-state index in [0.717, 1.165) is 12.5 Å². The molecule has 0 spiro atoms. The van der Waals surface area contributed by atoms with Crippen LogP contribution >= 0.6 is 0 Å². The molecule has 1 aromatic carbocycles. The highest BCUT2D eigenvalue weighted by molar-refractivity contribution is 7.89. The average molecular weight is 408 g/mol. The van der Waals surface area contributed by atoms with Gasteiger partial charge in [0.1, 0.15) is 0 Å². The van der Waals surface area contributed by atoms with E-state index in [1.807, 2.05) is 0 Å². The van der Waals surface area contributed by atoms with Crippen LogP contribution in [0.4, 0.5) is 5.69 Å². The first kappa shape index (κ1) is 20.4. The van der Waals surface area contributed by atoms with Gasteiger partial charge in [-0.2, -0.15) is 4.31 Å². The number of rotatable bonds is 5. The lowest BCUT2D eigenvalue weighted by atomic mass is 9.92. The van der Waals surface area contributed by atoms with Crippen LogP contribution < -0.4 is 0 Å². The summed E-state index contributed by atoms with van der Waals surface area (Å²) in [6.45, 7) is 6.78. The van der Waals surface area contributed by atoms with E-state index in [4.69, 9.17) is 4.42 Å². The lowest BCUT2D eigenvalue weighted by molar-refractivity contribution is -0.385. The molecule has 0 amide bonds. The summed E-state index contributed by atoms with van der Waals surface area (Å²) in [5.74, 6) is 0.794. The van der Waals surface area contributed by atoms with Crippen LogP contribution in [0.3, 0.4) is 0 Å². The third-order valence-electron chi connectivity index (χ3n) is 4.56. The van der Waals surface area contributed by atoms with E-state index in [-0.39, 0.29) is 28.5 Å². The molecule has 1 aromatic heterocycles. The Morgan fingerprint density at radius 1 is 1.32 bits per heavy atom. The van der Waals surface area contributed by atoms with Crippen molar-refractivity contribution in [2.45, 2.75) is 50.8 Å². The fourth-order valence-electron chi connectivity index (χ4n) is 3.23. The number of non-ortho nitro benzene ring substituents is 1. The molecule has 1 aliphatic heterocycles. The monoisotopic (exact) mass is 408 g/mol. The Morgan fingerprint density at radius 3 is 2.75 bits per heavy atom. The Balaban J connectivity index is 1.79. The maximum absolute atomic E-state index is 13.0. The van der Waals surface area contributed by atoms with Crippen molar-refractivity contribution in [1.82, 2.24) is 14.5 Å². The fourth-order valence-corrected chi connectivity index (χ4v) is 4.79. The molecule has 0 bridgehead atoms. The maximum Gasteiger partial charge on any atom is 0.270 e. The molecule has 3 rings (SSSR count). The van der Waals surface area contributed by atoms with Gasteiger partial charge in [-0.15, -0.1) is 10.2 Å². The Bertz CT molecular complexity index is 964. The Hall–Kier alpha value is -2.33. The zero-order valence-corrected chi connectivity index (χ0v) is 17.0. The normalized spacial score (nSPS) is 18.9. The highest BCUT2D eigenvalue weighted by Gasteiger charge is 2.34. The van der Waals surface area contributed by atoms with Crippen molar-refractivity contribution in [2.24, 2.45) is 5.41 Å². The summed E-state index contributed by atoms with van der Waals surface area (Å²) in [5.41, 5.74) is -0.244. The molecule has 10 heteroatoms. The summed E-state index contributed by atoms with van der Waals surface area (Å²) in [5, 5.41) is 19.2. The summed E-state index contributed by atoms with van der Waals surface area (Å²) in [6.07, 6.45) is 2.04. The largest absolute Gasteiger partial charge is 0.425 e. The zero-order chi connectivity index (χ0) is 20.5. The van der Waals surface area contributed by atoms with Crippen LogP contribution in [-0.2, 0) is 16.4 Å². The smallest absolute Gasteiger partial charge is 0.270 e. The third kappa shape index (κ3) is 4.56. The minimum absolute atomic E-state index is 0.00771. The van der Waals surface area contributed by atoms with Crippen LogP contribution in [0.15, 0.2) is 33.6 Å². The molecular formula is C18H24N4O5S. The summed E-state index contributed by atoms with van der Waals surface area (Å²) >= 11 is 0. The molecule has 28 heavy (non-hydrogen) atoms. The molecule has 1 fully saturated rings. The lowest BCUT2D eigenvalue weighted by Gasteiger charge is -2.30. The molecule has 1 aliphatic rings. The molecular weight excluding hydrogens is 384 g/mol. The molecule has 9 nitrogen and oxygen atoms in total. The van der Waals surface area contributed by atoms with Crippen molar-refractivity contribution >= 4 is 15.7 Å². The Labute approximate surface area is 164 Å². The molecule has 2 heterocycles. The van der Waals surface area contributed by atoms with Crippen LogP contribution in [-0.4, -0.2) is 40.9 Å². The van der Waals surface area contributed by atoms with E-state index in [1.54, 1.807) is 0 Å². The van der Waals surface area contributed by atoms with E-state index in [2.05, 4.69) is 31.0 Å². The van der Waals surface area contributed by atoms with Gasteiger partial charge in [-0.25, -0.2) is 8.42 Å². The van der Waals surface area contributed by atoms with Crippen LogP contribution in [0, 0.1) is 15.5 Å². The molecule has 1 atom stereocenters. The topological polar surface area (TPSA) is 119 Å². The summed E-state index contributed by atoms with van der Waals surface area (Å²) in [6, 6.07) is 5.11. The van der Waals surface area contributed by atoms with Crippen molar-refractivity contribution < 1.29 is 17.8 Å². The van der Waals surface area contributed by atoms with Crippen LogP contribution in [0.2, 0.25) is 0 Å². The third-order valence-corrected chi connectivity index (χ3v) is 6.42. The fraction of sp³-hybridized carbons (Fsp3) is 0.556. The van der Waals surface area contributed by atoms with Gasteiger partial charge in [-0.05, 0) is 24.3 Å². The van der Waals surface area contributed by atoms with Gasteiger partial charge in [-0.1, -0.05) is 26.8 Å². The Morgan fingerprint density at radius 2 is 2.07 bits per heavy atom. The molecule has 0 radical (unpaired) electrons. The van der Waals surface area contributed by atoms with Gasteiger partial charge < -0.3 is 4.42 Å². The minimum atomic E-state index is -3.84. The molecule has 0 saturated carbocycles. The van der Waals surface area contributed by atoms with Gasteiger partial charge in [0.05, 0.1) is 15.7 Å². The van der Waals surface area contributed by atoms with E-state index in [0.29, 0.717) is 31.2 Å². The van der Waals surface area contributed by atoms with Gasteiger partial charge >= 0.3 is 0 Å². The Kier molecular flexibility index (Phi) is 5.53. The second kappa shape index (κ2) is 7.59. The van der Waals surface area contributed by atoms with Gasteiger partial charge in [0.15, 0.2) is 0 Å². The standard InChI is InChI=1S/C18H24N4O5S/c1-18(2,3)11-16-19-20-17(27-16)13-6-5-9-21(12-13)28(25,26)15-8-4-7-14(10-15)22(23)24/h4,7-8,10,13H,5-6,9,11-12H2,1-3H3. The van der Waals surface area contributed by atoms with Gasteiger partial charge in [0.2, 0.25) is 21.8 Å². The average Bonchev–Trinajstić information content (AvgIpc) is 3.08. The molecule has 0 N–H and O–H groups in total. The molecule has 1 saturated heterocycles. The lowest BCUT2D eigenvalue weighted by Crippen LogP contribution is -2.39. The summed E-state index contributed by atoms with van der Waals surface area (Å²) in [7, 11) is -3.84. The molecule has 2 aromatic rings. The first-order valence-corrected chi connectivity index (χ1v) is 10.6. The highest BCUT2D eigenvalue weighted by atomic mass is 32.2. The number of hydrogen-bond donors (Lipinski definition) is 0. The maximum atomic E-state index is 13.0. The van der Waals surface area contributed by atoms with Gasteiger partial charge in [0, 0.05) is 31.6 Å². The van der Waals surface area contributed by atoms with Crippen molar-refractivity contribution in [1.29, 1.82) is 0 Å². The van der Waals surface area contributed by atoms with Gasteiger partial charge in [0.25, 0.3) is 5.69 Å².